The van der Waals surface area contributed by atoms with Crippen molar-refractivity contribution in [2.24, 2.45) is 11.8 Å². The van der Waals surface area contributed by atoms with Crippen molar-refractivity contribution >= 4 is 23.3 Å². The molecular weight excluding hydrogens is 304 g/mol. The average molecular weight is 317 g/mol. The molecule has 2 aliphatic rings. The lowest BCUT2D eigenvalue weighted by Gasteiger charge is -2.24. The zero-order valence-corrected chi connectivity index (χ0v) is 12.1. The van der Waals surface area contributed by atoms with Gasteiger partial charge < -0.3 is 20.0 Å². The maximum Gasteiger partial charge on any atom is 0.274 e. The Balaban J connectivity index is 1.82. The van der Waals surface area contributed by atoms with Gasteiger partial charge in [0.2, 0.25) is 5.91 Å². The minimum absolute atomic E-state index is 0.122. The second kappa shape index (κ2) is 5.47. The fourth-order valence-electron chi connectivity index (χ4n) is 3.01. The van der Waals surface area contributed by atoms with Gasteiger partial charge in [-0.25, -0.2) is 0 Å². The number of hydrogen-bond donors (Lipinski definition) is 1. The van der Waals surface area contributed by atoms with Gasteiger partial charge in [-0.05, 0) is 13.0 Å². The number of carbonyl (C=O) groups excluding carboxylic acids is 2. The van der Waals surface area contributed by atoms with E-state index in [1.165, 1.54) is 18.2 Å². The lowest BCUT2D eigenvalue weighted by Crippen LogP contribution is -2.45. The number of benzene rings is 1. The summed E-state index contributed by atoms with van der Waals surface area (Å²) < 4.78 is 5.40. The number of anilines is 1. The van der Waals surface area contributed by atoms with Crippen molar-refractivity contribution in [3.8, 4) is 0 Å². The summed E-state index contributed by atoms with van der Waals surface area (Å²) in [5.41, 5.74) is 0.575. The molecule has 3 rings (SSSR count). The van der Waals surface area contributed by atoms with Crippen LogP contribution in [0.2, 0.25) is 0 Å². The molecule has 1 aromatic rings. The van der Waals surface area contributed by atoms with Crippen molar-refractivity contribution in [2.45, 2.75) is 19.1 Å². The number of carboxylic acids is 1. The van der Waals surface area contributed by atoms with E-state index in [9.17, 15) is 24.8 Å². The quantitative estimate of drug-likeness (QED) is 0.479. The first-order valence-corrected chi connectivity index (χ1v) is 6.99. The predicted octanol–water partition coefficient (Wildman–Crippen LogP) is 0.161. The SMILES string of the molecule is Cc1ccc(NC(=O)[C@@H]2[C@@H](C(=O)[O-])[C@H]3C=C[C@@H]2O3)cc1[N+](=O)[O-]. The summed E-state index contributed by atoms with van der Waals surface area (Å²) in [5, 5.41) is 24.7. The number of ether oxygens (including phenoxy) is 1. The number of nitro benzene ring substituents is 1. The highest BCUT2D eigenvalue weighted by Gasteiger charge is 2.50. The number of carbonyl (C=O) groups is 2. The molecule has 0 unspecified atom stereocenters. The summed E-state index contributed by atoms with van der Waals surface area (Å²) in [4.78, 5) is 34.0. The molecule has 0 saturated carbocycles. The molecule has 4 atom stereocenters. The molecule has 2 heterocycles. The van der Waals surface area contributed by atoms with Crippen LogP contribution in [0.4, 0.5) is 11.4 Å². The molecule has 0 spiro atoms. The summed E-state index contributed by atoms with van der Waals surface area (Å²) in [7, 11) is 0. The summed E-state index contributed by atoms with van der Waals surface area (Å²) in [6, 6.07) is 4.28. The van der Waals surface area contributed by atoms with Crippen LogP contribution in [0.1, 0.15) is 5.56 Å². The van der Waals surface area contributed by atoms with Crippen molar-refractivity contribution in [1.82, 2.24) is 0 Å². The van der Waals surface area contributed by atoms with Gasteiger partial charge in [0.15, 0.2) is 0 Å². The Labute approximate surface area is 130 Å². The first-order valence-electron chi connectivity index (χ1n) is 6.99. The van der Waals surface area contributed by atoms with E-state index in [0.717, 1.165) is 0 Å². The molecule has 0 aliphatic carbocycles. The van der Waals surface area contributed by atoms with Gasteiger partial charge in [-0.1, -0.05) is 18.2 Å². The zero-order valence-electron chi connectivity index (χ0n) is 12.1. The molecule has 1 N–H and O–H groups in total. The van der Waals surface area contributed by atoms with Gasteiger partial charge >= 0.3 is 0 Å². The molecule has 1 fully saturated rings. The van der Waals surface area contributed by atoms with E-state index in [1.807, 2.05) is 0 Å². The van der Waals surface area contributed by atoms with E-state index in [0.29, 0.717) is 5.56 Å². The van der Waals surface area contributed by atoms with Crippen molar-refractivity contribution in [3.05, 3.63) is 46.0 Å². The number of carboxylic acid groups (broad SMARTS) is 1. The van der Waals surface area contributed by atoms with Crippen LogP contribution >= 0.6 is 0 Å². The number of fused-ring (bicyclic) bond motifs is 2. The van der Waals surface area contributed by atoms with E-state index in [2.05, 4.69) is 5.32 Å². The molecule has 8 heteroatoms. The molecule has 1 amide bonds. The molecule has 2 bridgehead atoms. The summed E-state index contributed by atoms with van der Waals surface area (Å²) in [6.07, 6.45) is 1.95. The predicted molar refractivity (Wildman–Crippen MR) is 76.3 cm³/mol. The van der Waals surface area contributed by atoms with Gasteiger partial charge in [0.1, 0.15) is 0 Å². The Bertz CT molecular complexity index is 729. The molecule has 0 radical (unpaired) electrons. The van der Waals surface area contributed by atoms with Crippen LogP contribution in [-0.2, 0) is 14.3 Å². The standard InChI is InChI=1S/C15H14N2O6/c1-7-2-3-8(6-9(7)17(21)22)16-14(18)12-10-4-5-11(23-10)13(12)15(19)20/h2-6,10-13H,1H3,(H,16,18)(H,19,20)/p-1/t10-,11+,12-,13-/m0/s1. The largest absolute Gasteiger partial charge is 0.550 e. The zero-order chi connectivity index (χ0) is 16.7. The van der Waals surface area contributed by atoms with Crippen molar-refractivity contribution in [1.29, 1.82) is 0 Å². The summed E-state index contributed by atoms with van der Waals surface area (Å²) in [5.74, 6) is -3.90. The van der Waals surface area contributed by atoms with Gasteiger partial charge in [-0.2, -0.15) is 0 Å². The third-order valence-electron chi connectivity index (χ3n) is 4.15. The second-order valence-electron chi connectivity index (χ2n) is 5.57. The third kappa shape index (κ3) is 2.57. The normalized spacial score (nSPS) is 27.9. The van der Waals surface area contributed by atoms with Crippen LogP contribution in [0.25, 0.3) is 0 Å². The Hall–Kier alpha value is -2.74. The molecule has 8 nitrogen and oxygen atoms in total. The first kappa shape index (κ1) is 15.2. The fourth-order valence-corrected chi connectivity index (χ4v) is 3.01. The molecule has 2 aliphatic heterocycles. The van der Waals surface area contributed by atoms with Gasteiger partial charge in [-0.15, -0.1) is 0 Å². The van der Waals surface area contributed by atoms with Gasteiger partial charge in [0.25, 0.3) is 5.69 Å². The fraction of sp³-hybridized carbons (Fsp3) is 0.333. The van der Waals surface area contributed by atoms with Gasteiger partial charge in [0.05, 0.1) is 23.0 Å². The number of nitrogens with zero attached hydrogens (tertiary/aromatic N) is 1. The van der Waals surface area contributed by atoms with Crippen LogP contribution in [0.3, 0.4) is 0 Å². The molecule has 1 aromatic carbocycles. The Morgan fingerprint density at radius 3 is 2.48 bits per heavy atom. The number of aliphatic carboxylic acids is 1. The van der Waals surface area contributed by atoms with E-state index in [-0.39, 0.29) is 11.4 Å². The molecule has 23 heavy (non-hydrogen) atoms. The highest BCUT2D eigenvalue weighted by molar-refractivity contribution is 5.96. The van der Waals surface area contributed by atoms with Crippen LogP contribution in [0, 0.1) is 28.9 Å². The lowest BCUT2D eigenvalue weighted by atomic mass is 9.82. The van der Waals surface area contributed by atoms with E-state index in [4.69, 9.17) is 4.74 Å². The summed E-state index contributed by atoms with van der Waals surface area (Å²) >= 11 is 0. The van der Waals surface area contributed by atoms with Crippen molar-refractivity contribution in [3.63, 3.8) is 0 Å². The number of rotatable bonds is 4. The van der Waals surface area contributed by atoms with Crippen LogP contribution in [0.15, 0.2) is 30.4 Å². The van der Waals surface area contributed by atoms with Crippen molar-refractivity contribution in [2.75, 3.05) is 5.32 Å². The molecule has 1 saturated heterocycles. The maximum atomic E-state index is 12.4. The second-order valence-corrected chi connectivity index (χ2v) is 5.57. The summed E-state index contributed by atoms with van der Waals surface area (Å²) in [6.45, 7) is 1.59. The topological polar surface area (TPSA) is 122 Å². The van der Waals surface area contributed by atoms with Gasteiger partial charge in [0, 0.05) is 29.2 Å². The van der Waals surface area contributed by atoms with E-state index < -0.39 is 40.8 Å². The van der Waals surface area contributed by atoms with E-state index in [1.54, 1.807) is 19.1 Å². The Kier molecular flexibility index (Phi) is 3.61. The minimum atomic E-state index is -1.35. The Morgan fingerprint density at radius 2 is 1.87 bits per heavy atom. The van der Waals surface area contributed by atoms with Crippen LogP contribution < -0.4 is 10.4 Å². The third-order valence-corrected chi connectivity index (χ3v) is 4.15. The molecular formula is C15H13N2O6-. The lowest BCUT2D eigenvalue weighted by molar-refractivity contribution is -0.385. The highest BCUT2D eigenvalue weighted by atomic mass is 16.6. The number of aryl methyl sites for hydroxylation is 1. The van der Waals surface area contributed by atoms with Crippen LogP contribution in [-0.4, -0.2) is 29.0 Å². The number of amides is 1. The molecule has 0 aromatic heterocycles. The average Bonchev–Trinajstić information content (AvgIpc) is 3.09. The van der Waals surface area contributed by atoms with E-state index >= 15 is 0 Å². The van der Waals surface area contributed by atoms with Gasteiger partial charge in [-0.3, -0.25) is 14.9 Å². The smallest absolute Gasteiger partial charge is 0.274 e. The highest BCUT2D eigenvalue weighted by Crippen LogP contribution is 2.39. The number of hydrogen-bond acceptors (Lipinski definition) is 6. The number of nitro groups is 1. The monoisotopic (exact) mass is 317 g/mol. The van der Waals surface area contributed by atoms with Crippen molar-refractivity contribution < 1.29 is 24.4 Å². The Morgan fingerprint density at radius 1 is 1.22 bits per heavy atom. The maximum absolute atomic E-state index is 12.4. The number of nitrogens with one attached hydrogen (secondary N) is 1. The molecule has 120 valence electrons. The van der Waals surface area contributed by atoms with Crippen LogP contribution in [0.5, 0.6) is 0 Å². The minimum Gasteiger partial charge on any atom is -0.550 e. The first-order chi connectivity index (χ1) is 10.9.